The number of rotatable bonds is 15. The maximum atomic E-state index is 2.33. The van der Waals surface area contributed by atoms with E-state index in [0.29, 0.717) is 0 Å². The largest absolute Gasteiger partial charge is 0.311 e. The molecule has 11 aromatic carbocycles. The van der Waals surface area contributed by atoms with Crippen LogP contribution in [0.5, 0.6) is 0 Å². The average molecular weight is 989 g/mol. The fourth-order valence-corrected chi connectivity index (χ4v) is 10.3. The minimum Gasteiger partial charge on any atom is -0.311 e. The Labute approximate surface area is 453 Å². The quantitative estimate of drug-likeness (QED) is 0.101. The summed E-state index contributed by atoms with van der Waals surface area (Å²) in [6.45, 7) is 0. The van der Waals surface area contributed by atoms with Gasteiger partial charge in [0.15, 0.2) is 0 Å². The van der Waals surface area contributed by atoms with Gasteiger partial charge in [-0.2, -0.15) is 0 Å². The summed E-state index contributed by atoms with van der Waals surface area (Å²) in [6, 6.07) is 108. The smallest absolute Gasteiger partial charge is 0.0462 e. The van der Waals surface area contributed by atoms with Crippen molar-refractivity contribution in [3.05, 3.63) is 339 Å². The van der Waals surface area contributed by atoms with Gasteiger partial charge in [0.25, 0.3) is 0 Å². The third-order valence-corrected chi connectivity index (χ3v) is 14.1. The topological polar surface area (TPSA) is 13.0 Å². The van der Waals surface area contributed by atoms with E-state index in [1.54, 1.807) is 0 Å². The third kappa shape index (κ3) is 10.6. The zero-order valence-electron chi connectivity index (χ0n) is 42.7. The molecule has 0 amide bonds. The van der Waals surface area contributed by atoms with Crippen LogP contribution in [-0.2, 0) is 0 Å². The molecule has 0 saturated heterocycles. The second-order valence-corrected chi connectivity index (χ2v) is 19.0. The Morgan fingerprint density at radius 2 is 0.416 bits per heavy atom. The molecule has 0 atom stereocenters. The number of anilines is 11. The first-order valence-corrected chi connectivity index (χ1v) is 26.3. The number of allylic oxidation sites excluding steroid dienone is 5. The van der Waals surface area contributed by atoms with Crippen molar-refractivity contribution in [1.29, 1.82) is 0 Å². The highest BCUT2D eigenvalue weighted by molar-refractivity contribution is 5.84. The molecule has 4 nitrogen and oxygen atoms in total. The van der Waals surface area contributed by atoms with Gasteiger partial charge in [-0.3, -0.25) is 0 Å². The van der Waals surface area contributed by atoms with Crippen LogP contribution in [0.4, 0.5) is 62.6 Å². The summed E-state index contributed by atoms with van der Waals surface area (Å²) in [5, 5.41) is 0. The molecule has 0 spiro atoms. The third-order valence-electron chi connectivity index (χ3n) is 14.1. The first-order chi connectivity index (χ1) is 38.2. The fourth-order valence-electron chi connectivity index (χ4n) is 10.3. The molecule has 77 heavy (non-hydrogen) atoms. The SMILES string of the molecule is C1=CC(N(c2ccccc2)c2ccccc2)=CC=C(c2ccc(N(c3ccccc3)c3ccc(-c4ccc(N(c5ccccc5)c5ccc(-c6ccc(N(c7ccccc7)c7ccccc7)cc6)cc5)cc4)cc3)cc2)C1. The number of hydrogen-bond donors (Lipinski definition) is 0. The van der Waals surface area contributed by atoms with E-state index in [0.717, 1.165) is 96.9 Å². The summed E-state index contributed by atoms with van der Waals surface area (Å²) in [5.41, 5.74) is 20.4. The molecular weight excluding hydrogens is 933 g/mol. The molecular formula is C73H56N4. The monoisotopic (exact) mass is 988 g/mol. The van der Waals surface area contributed by atoms with Crippen molar-refractivity contribution in [3.63, 3.8) is 0 Å². The van der Waals surface area contributed by atoms with Crippen LogP contribution in [0.2, 0.25) is 0 Å². The first kappa shape index (κ1) is 47.8. The lowest BCUT2D eigenvalue weighted by atomic mass is 10.0. The molecule has 0 fully saturated rings. The Morgan fingerprint density at radius 1 is 0.195 bits per heavy atom. The summed E-state index contributed by atoms with van der Waals surface area (Å²) in [6.07, 6.45) is 9.85. The summed E-state index contributed by atoms with van der Waals surface area (Å²) in [7, 11) is 0. The normalized spacial score (nSPS) is 11.9. The summed E-state index contributed by atoms with van der Waals surface area (Å²) in [5.74, 6) is 0. The predicted octanol–water partition coefficient (Wildman–Crippen LogP) is 20.5. The van der Waals surface area contributed by atoms with Gasteiger partial charge in [-0.05, 0) is 185 Å². The average Bonchev–Trinajstić information content (AvgIpc) is 3.78. The molecule has 4 heteroatoms. The van der Waals surface area contributed by atoms with E-state index in [1.165, 1.54) is 11.1 Å². The maximum Gasteiger partial charge on any atom is 0.0462 e. The molecule has 1 aliphatic rings. The molecule has 11 aromatic rings. The minimum absolute atomic E-state index is 0.834. The van der Waals surface area contributed by atoms with Gasteiger partial charge in [-0.15, -0.1) is 0 Å². The van der Waals surface area contributed by atoms with Gasteiger partial charge in [0.1, 0.15) is 0 Å². The molecule has 0 heterocycles. The molecule has 0 radical (unpaired) electrons. The molecule has 0 bridgehead atoms. The first-order valence-electron chi connectivity index (χ1n) is 26.3. The maximum absolute atomic E-state index is 2.33. The lowest BCUT2D eigenvalue weighted by Gasteiger charge is -2.26. The zero-order chi connectivity index (χ0) is 51.6. The second kappa shape index (κ2) is 22.5. The predicted molar refractivity (Wildman–Crippen MR) is 326 cm³/mol. The van der Waals surface area contributed by atoms with E-state index < -0.39 is 0 Å². The molecule has 1 aliphatic carbocycles. The highest BCUT2D eigenvalue weighted by Crippen LogP contribution is 2.41. The second-order valence-electron chi connectivity index (χ2n) is 19.0. The van der Waals surface area contributed by atoms with E-state index in [4.69, 9.17) is 0 Å². The highest BCUT2D eigenvalue weighted by Gasteiger charge is 2.18. The van der Waals surface area contributed by atoms with Gasteiger partial charge < -0.3 is 19.6 Å². The van der Waals surface area contributed by atoms with Crippen molar-refractivity contribution < 1.29 is 0 Å². The van der Waals surface area contributed by atoms with Crippen LogP contribution in [0.25, 0.3) is 27.8 Å². The van der Waals surface area contributed by atoms with Gasteiger partial charge in [0.05, 0.1) is 0 Å². The highest BCUT2D eigenvalue weighted by atomic mass is 15.2. The van der Waals surface area contributed by atoms with E-state index in [2.05, 4.69) is 347 Å². The van der Waals surface area contributed by atoms with Crippen LogP contribution in [0.1, 0.15) is 12.0 Å². The standard InChI is InChI=1S/C73H56N4/c1-7-21-62(22-8-1)74(63-23-9-2-10-24-63)68-33-19-20-56(34-45-68)57-35-46-70(47-36-57)76(66-29-15-5-16-30-66)71-50-41-60(42-51-71)61-43-54-73(55-44-61)77(67-31-17-6-18-32-67)72-52-39-59(40-53-72)58-37-48-69(49-38-58)75(64-25-11-3-12-26-64)65-27-13-4-14-28-65/h1-19,21-55H,20H2. The molecule has 0 aliphatic heterocycles. The molecule has 0 unspecified atom stereocenters. The van der Waals surface area contributed by atoms with E-state index >= 15 is 0 Å². The summed E-state index contributed by atoms with van der Waals surface area (Å²) < 4.78 is 0. The Kier molecular flexibility index (Phi) is 14.0. The zero-order valence-corrected chi connectivity index (χ0v) is 42.7. The van der Waals surface area contributed by atoms with Crippen molar-refractivity contribution >= 4 is 68.1 Å². The number of nitrogens with zero attached hydrogens (tertiary/aromatic N) is 4. The summed E-state index contributed by atoms with van der Waals surface area (Å²) >= 11 is 0. The van der Waals surface area contributed by atoms with Gasteiger partial charge >= 0.3 is 0 Å². The minimum atomic E-state index is 0.834. The fraction of sp³-hybridized carbons (Fsp3) is 0.0137. The summed E-state index contributed by atoms with van der Waals surface area (Å²) in [4.78, 5) is 9.25. The Balaban J connectivity index is 0.776. The Morgan fingerprint density at radius 3 is 0.675 bits per heavy atom. The molecule has 12 rings (SSSR count). The lowest BCUT2D eigenvalue weighted by Crippen LogP contribution is -2.14. The van der Waals surface area contributed by atoms with Crippen molar-refractivity contribution in [3.8, 4) is 22.3 Å². The molecule has 0 N–H and O–H groups in total. The number of para-hydroxylation sites is 6. The van der Waals surface area contributed by atoms with Gasteiger partial charge in [-0.25, -0.2) is 0 Å². The van der Waals surface area contributed by atoms with E-state index in [1.807, 2.05) is 0 Å². The Hall–Kier alpha value is -10.2. The van der Waals surface area contributed by atoms with Gasteiger partial charge in [-0.1, -0.05) is 182 Å². The van der Waals surface area contributed by atoms with Crippen molar-refractivity contribution in [2.45, 2.75) is 6.42 Å². The lowest BCUT2D eigenvalue weighted by molar-refractivity contribution is 1.21. The van der Waals surface area contributed by atoms with Crippen LogP contribution < -0.4 is 19.6 Å². The number of benzene rings is 11. The van der Waals surface area contributed by atoms with Crippen LogP contribution in [-0.4, -0.2) is 0 Å². The van der Waals surface area contributed by atoms with Crippen molar-refractivity contribution in [2.75, 3.05) is 19.6 Å². The molecule has 368 valence electrons. The van der Waals surface area contributed by atoms with Gasteiger partial charge in [0.2, 0.25) is 0 Å². The number of hydrogen-bond acceptors (Lipinski definition) is 4. The van der Waals surface area contributed by atoms with Crippen LogP contribution in [0.3, 0.4) is 0 Å². The van der Waals surface area contributed by atoms with E-state index in [9.17, 15) is 0 Å². The molecule has 0 saturated carbocycles. The Bertz CT molecular complexity index is 3670. The van der Waals surface area contributed by atoms with Gasteiger partial charge in [0, 0.05) is 68.3 Å². The van der Waals surface area contributed by atoms with Crippen molar-refractivity contribution in [2.24, 2.45) is 0 Å². The van der Waals surface area contributed by atoms with Crippen LogP contribution >= 0.6 is 0 Å². The van der Waals surface area contributed by atoms with Crippen molar-refractivity contribution in [1.82, 2.24) is 0 Å². The van der Waals surface area contributed by atoms with Crippen LogP contribution in [0, 0.1) is 0 Å². The molecule has 0 aromatic heterocycles. The van der Waals surface area contributed by atoms with E-state index in [-0.39, 0.29) is 0 Å². The van der Waals surface area contributed by atoms with Crippen LogP contribution in [0.15, 0.2) is 333 Å².